The van der Waals surface area contributed by atoms with Crippen LogP contribution in [0, 0.1) is 6.92 Å². The summed E-state index contributed by atoms with van der Waals surface area (Å²) in [5, 5.41) is 4.49. The molecule has 1 aromatic carbocycles. The van der Waals surface area contributed by atoms with Crippen LogP contribution >= 0.6 is 27.5 Å². The molecule has 0 atom stereocenters. The van der Waals surface area contributed by atoms with Crippen LogP contribution in [0.1, 0.15) is 28.8 Å². The van der Waals surface area contributed by atoms with Gasteiger partial charge in [-0.15, -0.1) is 0 Å². The number of amides is 1. The van der Waals surface area contributed by atoms with Crippen LogP contribution in [0.3, 0.4) is 0 Å². The second-order valence-corrected chi connectivity index (χ2v) is 4.76. The Bertz CT molecular complexity index is 368. The molecule has 0 spiro atoms. The van der Waals surface area contributed by atoms with Crippen LogP contribution in [0.15, 0.2) is 18.2 Å². The van der Waals surface area contributed by atoms with Gasteiger partial charge in [0.1, 0.15) is 0 Å². The van der Waals surface area contributed by atoms with Gasteiger partial charge in [-0.3, -0.25) is 4.79 Å². The van der Waals surface area contributed by atoms with Crippen LogP contribution in [0.2, 0.25) is 5.02 Å². The molecule has 0 aliphatic carbocycles. The molecule has 1 amide bonds. The van der Waals surface area contributed by atoms with Crippen LogP contribution in [0.25, 0.3) is 0 Å². The van der Waals surface area contributed by atoms with Gasteiger partial charge in [-0.05, 0) is 37.5 Å². The van der Waals surface area contributed by atoms with Crippen molar-refractivity contribution in [1.29, 1.82) is 0 Å². The maximum absolute atomic E-state index is 11.8. The van der Waals surface area contributed by atoms with Gasteiger partial charge < -0.3 is 5.32 Å². The van der Waals surface area contributed by atoms with Crippen molar-refractivity contribution in [2.24, 2.45) is 0 Å². The fourth-order valence-electron chi connectivity index (χ4n) is 1.37. The fourth-order valence-corrected chi connectivity index (χ4v) is 1.94. The van der Waals surface area contributed by atoms with Crippen LogP contribution in [0.5, 0.6) is 0 Å². The van der Waals surface area contributed by atoms with Gasteiger partial charge in [0.05, 0.1) is 0 Å². The van der Waals surface area contributed by atoms with E-state index < -0.39 is 0 Å². The molecule has 0 aromatic heterocycles. The first-order valence-electron chi connectivity index (χ1n) is 5.26. The summed E-state index contributed by atoms with van der Waals surface area (Å²) in [4.78, 5) is 11.8. The monoisotopic (exact) mass is 303 g/mol. The number of rotatable bonds is 5. The molecule has 1 N–H and O–H groups in total. The molecule has 1 aromatic rings. The molecule has 0 aliphatic rings. The van der Waals surface area contributed by atoms with Crippen molar-refractivity contribution in [2.75, 3.05) is 11.9 Å². The summed E-state index contributed by atoms with van der Waals surface area (Å²) in [7, 11) is 0. The molecule has 0 fully saturated rings. The zero-order valence-corrected chi connectivity index (χ0v) is 11.6. The van der Waals surface area contributed by atoms with E-state index in [-0.39, 0.29) is 5.91 Å². The van der Waals surface area contributed by atoms with E-state index in [9.17, 15) is 4.79 Å². The highest BCUT2D eigenvalue weighted by Crippen LogP contribution is 2.18. The van der Waals surface area contributed by atoms with Crippen molar-refractivity contribution in [3.63, 3.8) is 0 Å². The molecule has 0 aliphatic heterocycles. The Balaban J connectivity index is 2.56. The smallest absolute Gasteiger partial charge is 0.251 e. The molecule has 0 heterocycles. The number of halogens is 2. The topological polar surface area (TPSA) is 29.1 Å². The van der Waals surface area contributed by atoms with Crippen molar-refractivity contribution in [3.05, 3.63) is 34.3 Å². The summed E-state index contributed by atoms with van der Waals surface area (Å²) in [6.45, 7) is 2.56. The van der Waals surface area contributed by atoms with E-state index in [1.54, 1.807) is 18.2 Å². The highest BCUT2D eigenvalue weighted by Gasteiger charge is 2.09. The number of unbranched alkanes of at least 4 members (excludes halogenated alkanes) is 1. The van der Waals surface area contributed by atoms with Gasteiger partial charge in [0, 0.05) is 22.5 Å². The summed E-state index contributed by atoms with van der Waals surface area (Å²) in [6.07, 6.45) is 2.05. The van der Waals surface area contributed by atoms with Crippen molar-refractivity contribution in [1.82, 2.24) is 5.32 Å². The lowest BCUT2D eigenvalue weighted by Crippen LogP contribution is -2.25. The third-order valence-electron chi connectivity index (χ3n) is 2.36. The highest BCUT2D eigenvalue weighted by molar-refractivity contribution is 9.09. The average Bonchev–Trinajstić information content (AvgIpc) is 2.28. The van der Waals surface area contributed by atoms with Crippen molar-refractivity contribution in [3.8, 4) is 0 Å². The van der Waals surface area contributed by atoms with Crippen LogP contribution in [-0.2, 0) is 0 Å². The van der Waals surface area contributed by atoms with Gasteiger partial charge in [-0.1, -0.05) is 33.6 Å². The molecular formula is C12H15BrClNO. The van der Waals surface area contributed by atoms with Crippen molar-refractivity contribution >= 4 is 33.4 Å². The summed E-state index contributed by atoms with van der Waals surface area (Å²) in [6, 6.07) is 5.38. The Kier molecular flexibility index (Phi) is 5.85. The number of benzene rings is 1. The van der Waals surface area contributed by atoms with Gasteiger partial charge in [-0.25, -0.2) is 0 Å². The first kappa shape index (κ1) is 13.5. The van der Waals surface area contributed by atoms with Crippen molar-refractivity contribution in [2.45, 2.75) is 19.8 Å². The number of nitrogens with one attached hydrogen (secondary N) is 1. The van der Waals surface area contributed by atoms with E-state index in [0.717, 1.165) is 23.7 Å². The molecule has 0 saturated carbocycles. The Morgan fingerprint density at radius 3 is 2.88 bits per heavy atom. The fraction of sp³-hybridized carbons (Fsp3) is 0.417. The zero-order valence-electron chi connectivity index (χ0n) is 9.22. The van der Waals surface area contributed by atoms with Crippen LogP contribution in [0.4, 0.5) is 0 Å². The van der Waals surface area contributed by atoms with Gasteiger partial charge in [-0.2, -0.15) is 0 Å². The second-order valence-electron chi connectivity index (χ2n) is 3.56. The molecule has 88 valence electrons. The quantitative estimate of drug-likeness (QED) is 0.654. The Labute approximate surface area is 110 Å². The molecule has 16 heavy (non-hydrogen) atoms. The maximum Gasteiger partial charge on any atom is 0.251 e. The van der Waals surface area contributed by atoms with Crippen LogP contribution in [-0.4, -0.2) is 17.8 Å². The highest BCUT2D eigenvalue weighted by atomic mass is 79.9. The number of alkyl halides is 1. The lowest BCUT2D eigenvalue weighted by Gasteiger charge is -2.08. The SMILES string of the molecule is Cc1c(Cl)cccc1C(=O)NCCCCBr. The third kappa shape index (κ3) is 3.80. The Morgan fingerprint density at radius 1 is 1.44 bits per heavy atom. The summed E-state index contributed by atoms with van der Waals surface area (Å²) < 4.78 is 0. The Hall–Kier alpha value is -0.540. The van der Waals surface area contributed by atoms with Gasteiger partial charge in [0.2, 0.25) is 0 Å². The van der Waals surface area contributed by atoms with Crippen molar-refractivity contribution < 1.29 is 4.79 Å². The van der Waals surface area contributed by atoms with E-state index in [2.05, 4.69) is 21.2 Å². The number of carbonyl (C=O) groups excluding carboxylic acids is 1. The summed E-state index contributed by atoms with van der Waals surface area (Å²) in [5.74, 6) is -0.0467. The predicted octanol–water partition coefficient (Wildman–Crippen LogP) is 3.55. The molecule has 0 unspecified atom stereocenters. The molecule has 1 rings (SSSR count). The summed E-state index contributed by atoms with van der Waals surface area (Å²) in [5.41, 5.74) is 1.49. The van der Waals surface area contributed by atoms with Crippen LogP contribution < -0.4 is 5.32 Å². The molecule has 0 bridgehead atoms. The standard InChI is InChI=1S/C12H15BrClNO/c1-9-10(5-4-6-11(9)14)12(16)15-8-3-2-7-13/h4-6H,2-3,7-8H2,1H3,(H,15,16). The maximum atomic E-state index is 11.8. The Morgan fingerprint density at radius 2 is 2.19 bits per heavy atom. The van der Waals surface area contributed by atoms with Gasteiger partial charge in [0.15, 0.2) is 0 Å². The van der Waals surface area contributed by atoms with Gasteiger partial charge in [0.25, 0.3) is 5.91 Å². The zero-order chi connectivity index (χ0) is 12.0. The first-order valence-corrected chi connectivity index (χ1v) is 6.76. The molecule has 4 heteroatoms. The second kappa shape index (κ2) is 6.92. The third-order valence-corrected chi connectivity index (χ3v) is 3.33. The number of hydrogen-bond donors (Lipinski definition) is 1. The normalized spacial score (nSPS) is 10.2. The lowest BCUT2D eigenvalue weighted by molar-refractivity contribution is 0.0952. The van der Waals surface area contributed by atoms with E-state index >= 15 is 0 Å². The summed E-state index contributed by atoms with van der Waals surface area (Å²) >= 11 is 9.31. The number of carbonyl (C=O) groups is 1. The minimum absolute atomic E-state index is 0.0467. The minimum atomic E-state index is -0.0467. The first-order chi connectivity index (χ1) is 7.66. The number of hydrogen-bond acceptors (Lipinski definition) is 1. The predicted molar refractivity (Wildman–Crippen MR) is 71.6 cm³/mol. The van der Waals surface area contributed by atoms with E-state index in [1.165, 1.54) is 0 Å². The average molecular weight is 305 g/mol. The van der Waals surface area contributed by atoms with Gasteiger partial charge >= 0.3 is 0 Å². The lowest BCUT2D eigenvalue weighted by atomic mass is 10.1. The van der Waals surface area contributed by atoms with E-state index in [1.807, 2.05) is 6.92 Å². The molecule has 2 nitrogen and oxygen atoms in total. The van der Waals surface area contributed by atoms with E-state index in [0.29, 0.717) is 17.1 Å². The largest absolute Gasteiger partial charge is 0.352 e. The van der Waals surface area contributed by atoms with E-state index in [4.69, 9.17) is 11.6 Å². The minimum Gasteiger partial charge on any atom is -0.352 e. The molecule has 0 radical (unpaired) electrons. The molecular weight excluding hydrogens is 289 g/mol. The molecule has 0 saturated heterocycles.